The molecule has 0 amide bonds. The molecule has 0 radical (unpaired) electrons. The highest BCUT2D eigenvalue weighted by Gasteiger charge is 2.15. The molecule has 2 aromatic rings. The molecular weight excluding hydrogens is 289 g/mol. The normalized spacial score (nSPS) is 13.8. The summed E-state index contributed by atoms with van der Waals surface area (Å²) in [5.74, 6) is 0.249. The van der Waals surface area contributed by atoms with Crippen LogP contribution in [-0.2, 0) is 0 Å². The molecule has 4 heteroatoms. The summed E-state index contributed by atoms with van der Waals surface area (Å²) in [4.78, 5) is 0. The average molecular weight is 308 g/mol. The van der Waals surface area contributed by atoms with Crippen LogP contribution in [0.25, 0.3) is 0 Å². The van der Waals surface area contributed by atoms with Crippen molar-refractivity contribution in [3.63, 3.8) is 0 Å². The lowest BCUT2D eigenvalue weighted by atomic mass is 10.0. The van der Waals surface area contributed by atoms with Crippen LogP contribution in [0, 0.1) is 5.82 Å². The second-order valence-corrected chi connectivity index (χ2v) is 5.49. The van der Waals surface area contributed by atoms with Gasteiger partial charge in [-0.25, -0.2) is 4.39 Å². The van der Waals surface area contributed by atoms with Crippen molar-refractivity contribution < 1.29 is 9.13 Å². The molecule has 1 N–H and O–H groups in total. The molecule has 0 aliphatic heterocycles. The third-order valence-electron chi connectivity index (χ3n) is 3.52. The number of ether oxygens (including phenoxy) is 1. The lowest BCUT2D eigenvalue weighted by molar-refractivity contribution is 0.408. The second-order valence-electron chi connectivity index (χ2n) is 5.05. The fraction of sp³-hybridized carbons (Fsp3) is 0.294. The molecule has 2 nitrogen and oxygen atoms in total. The van der Waals surface area contributed by atoms with Crippen LogP contribution in [0.2, 0.25) is 5.02 Å². The van der Waals surface area contributed by atoms with Crippen molar-refractivity contribution in [2.24, 2.45) is 0 Å². The highest BCUT2D eigenvalue weighted by molar-refractivity contribution is 6.30. The quantitative estimate of drug-likeness (QED) is 0.848. The molecule has 2 rings (SSSR count). The van der Waals surface area contributed by atoms with Crippen LogP contribution < -0.4 is 10.1 Å². The number of methoxy groups -OCH3 is 1. The minimum absolute atomic E-state index is 0.0696. The molecule has 0 saturated heterocycles. The van der Waals surface area contributed by atoms with E-state index in [2.05, 4.69) is 5.32 Å². The van der Waals surface area contributed by atoms with Crippen molar-refractivity contribution in [3.05, 3.63) is 64.4 Å². The van der Waals surface area contributed by atoms with Gasteiger partial charge in [0.2, 0.25) is 0 Å². The summed E-state index contributed by atoms with van der Waals surface area (Å²) < 4.78 is 19.1. The van der Waals surface area contributed by atoms with Gasteiger partial charge in [-0.05, 0) is 37.6 Å². The Kier molecular flexibility index (Phi) is 5.21. The van der Waals surface area contributed by atoms with Gasteiger partial charge in [-0.3, -0.25) is 0 Å². The molecule has 112 valence electrons. The van der Waals surface area contributed by atoms with E-state index in [9.17, 15) is 4.39 Å². The summed E-state index contributed by atoms with van der Waals surface area (Å²) in [7, 11) is 1.53. The Bertz CT molecular complexity index is 617. The molecule has 0 aliphatic carbocycles. The Morgan fingerprint density at radius 1 is 1.10 bits per heavy atom. The highest BCUT2D eigenvalue weighted by atomic mass is 35.5. The van der Waals surface area contributed by atoms with Crippen LogP contribution in [0.1, 0.15) is 37.1 Å². The largest absolute Gasteiger partial charge is 0.497 e. The Morgan fingerprint density at radius 2 is 1.86 bits per heavy atom. The van der Waals surface area contributed by atoms with Crippen molar-refractivity contribution in [2.75, 3.05) is 7.11 Å². The third kappa shape index (κ3) is 3.96. The van der Waals surface area contributed by atoms with Gasteiger partial charge in [0.15, 0.2) is 0 Å². The van der Waals surface area contributed by atoms with Gasteiger partial charge in [0.05, 0.1) is 7.11 Å². The summed E-state index contributed by atoms with van der Waals surface area (Å²) in [6.07, 6.45) is 0. The fourth-order valence-electron chi connectivity index (χ4n) is 2.32. The maximum absolute atomic E-state index is 14.1. The topological polar surface area (TPSA) is 21.3 Å². The van der Waals surface area contributed by atoms with Crippen LogP contribution >= 0.6 is 11.6 Å². The molecule has 2 aromatic carbocycles. The fourth-order valence-corrected chi connectivity index (χ4v) is 2.52. The van der Waals surface area contributed by atoms with E-state index in [1.54, 1.807) is 12.1 Å². The molecule has 0 bridgehead atoms. The smallest absolute Gasteiger partial charge is 0.131 e. The van der Waals surface area contributed by atoms with Crippen molar-refractivity contribution >= 4 is 11.6 Å². The monoisotopic (exact) mass is 307 g/mol. The van der Waals surface area contributed by atoms with Gasteiger partial charge in [0.1, 0.15) is 11.6 Å². The summed E-state index contributed by atoms with van der Waals surface area (Å²) in [5, 5.41) is 4.08. The zero-order chi connectivity index (χ0) is 15.4. The van der Waals surface area contributed by atoms with Gasteiger partial charge in [-0.15, -0.1) is 0 Å². The maximum atomic E-state index is 14.1. The van der Waals surface area contributed by atoms with Gasteiger partial charge in [0, 0.05) is 28.7 Å². The third-order valence-corrected chi connectivity index (χ3v) is 3.76. The summed E-state index contributed by atoms with van der Waals surface area (Å²) in [6.45, 7) is 3.97. The molecule has 0 saturated carbocycles. The van der Waals surface area contributed by atoms with Crippen LogP contribution in [0.4, 0.5) is 4.39 Å². The summed E-state index contributed by atoms with van der Waals surface area (Å²) >= 11 is 6.00. The lowest BCUT2D eigenvalue weighted by Gasteiger charge is -2.21. The zero-order valence-electron chi connectivity index (χ0n) is 12.4. The molecular formula is C17H19ClFNO. The van der Waals surface area contributed by atoms with Crippen LogP contribution in [0.15, 0.2) is 42.5 Å². The minimum atomic E-state index is -0.271. The van der Waals surface area contributed by atoms with Gasteiger partial charge >= 0.3 is 0 Å². The van der Waals surface area contributed by atoms with E-state index in [1.165, 1.54) is 13.2 Å². The van der Waals surface area contributed by atoms with Gasteiger partial charge in [-0.1, -0.05) is 29.8 Å². The Hall–Kier alpha value is -1.58. The number of hydrogen-bond donors (Lipinski definition) is 1. The summed E-state index contributed by atoms with van der Waals surface area (Å²) in [5.41, 5.74) is 1.69. The number of nitrogens with one attached hydrogen (secondary N) is 1. The van der Waals surface area contributed by atoms with Gasteiger partial charge < -0.3 is 10.1 Å². The number of halogens is 2. The predicted octanol–water partition coefficient (Wildman–Crippen LogP) is 4.90. The highest BCUT2D eigenvalue weighted by Crippen LogP contribution is 2.25. The van der Waals surface area contributed by atoms with Gasteiger partial charge in [-0.2, -0.15) is 0 Å². The first-order chi connectivity index (χ1) is 10.0. The van der Waals surface area contributed by atoms with E-state index < -0.39 is 0 Å². The number of benzene rings is 2. The standard InChI is InChI=1S/C17H19ClFNO/c1-11(13-5-4-6-14(18)9-13)20-12(2)16-8-7-15(21-3)10-17(16)19/h4-12,20H,1-3H3/t11-,12?/m1/s1. The molecule has 0 fully saturated rings. The SMILES string of the molecule is COc1ccc(C(C)N[C@H](C)c2cccc(Cl)c2)c(F)c1. The first-order valence-electron chi connectivity index (χ1n) is 6.86. The molecule has 2 atom stereocenters. The van der Waals surface area contributed by atoms with Crippen molar-refractivity contribution in [3.8, 4) is 5.75 Å². The van der Waals surface area contributed by atoms with E-state index >= 15 is 0 Å². The zero-order valence-corrected chi connectivity index (χ0v) is 13.1. The van der Waals surface area contributed by atoms with E-state index in [4.69, 9.17) is 16.3 Å². The molecule has 21 heavy (non-hydrogen) atoms. The summed E-state index contributed by atoms with van der Waals surface area (Å²) in [6, 6.07) is 12.5. The second kappa shape index (κ2) is 6.92. The van der Waals surface area contributed by atoms with E-state index in [0.29, 0.717) is 16.3 Å². The molecule has 0 spiro atoms. The maximum Gasteiger partial charge on any atom is 0.131 e. The Labute approximate surface area is 129 Å². The first-order valence-corrected chi connectivity index (χ1v) is 7.24. The van der Waals surface area contributed by atoms with Gasteiger partial charge in [0.25, 0.3) is 0 Å². The lowest BCUT2D eigenvalue weighted by Crippen LogP contribution is -2.23. The van der Waals surface area contributed by atoms with Crippen LogP contribution in [0.5, 0.6) is 5.75 Å². The molecule has 0 aromatic heterocycles. The van der Waals surface area contributed by atoms with E-state index in [0.717, 1.165) is 5.56 Å². The van der Waals surface area contributed by atoms with E-state index in [-0.39, 0.29) is 17.9 Å². The average Bonchev–Trinajstić information content (AvgIpc) is 2.46. The van der Waals surface area contributed by atoms with Crippen molar-refractivity contribution in [1.82, 2.24) is 5.32 Å². The van der Waals surface area contributed by atoms with E-state index in [1.807, 2.05) is 38.1 Å². The minimum Gasteiger partial charge on any atom is -0.497 e. The number of rotatable bonds is 5. The number of hydrogen-bond acceptors (Lipinski definition) is 2. The Morgan fingerprint density at radius 3 is 2.48 bits per heavy atom. The molecule has 1 unspecified atom stereocenters. The molecule has 0 heterocycles. The van der Waals surface area contributed by atoms with Crippen LogP contribution in [0.3, 0.4) is 0 Å². The Balaban J connectivity index is 2.12. The predicted molar refractivity (Wildman–Crippen MR) is 84.4 cm³/mol. The van der Waals surface area contributed by atoms with Crippen molar-refractivity contribution in [2.45, 2.75) is 25.9 Å². The van der Waals surface area contributed by atoms with Crippen molar-refractivity contribution in [1.29, 1.82) is 0 Å². The first kappa shape index (κ1) is 15.8. The van der Waals surface area contributed by atoms with Crippen LogP contribution in [-0.4, -0.2) is 7.11 Å². The molecule has 0 aliphatic rings.